The molecule has 0 radical (unpaired) electrons. The van der Waals surface area contributed by atoms with Gasteiger partial charge in [-0.05, 0) is 25.7 Å². The van der Waals surface area contributed by atoms with E-state index in [9.17, 15) is 0 Å². The highest BCUT2D eigenvalue weighted by Crippen LogP contribution is 2.18. The van der Waals surface area contributed by atoms with Crippen LogP contribution in [0.15, 0.2) is 10.9 Å². The van der Waals surface area contributed by atoms with Gasteiger partial charge in [-0.25, -0.2) is 4.98 Å². The number of nitrogens with one attached hydrogen (secondary N) is 1. The van der Waals surface area contributed by atoms with E-state index in [0.717, 1.165) is 32.1 Å². The van der Waals surface area contributed by atoms with Gasteiger partial charge >= 0.3 is 0 Å². The predicted molar refractivity (Wildman–Crippen MR) is 66.8 cm³/mol. The van der Waals surface area contributed by atoms with Crippen molar-refractivity contribution in [2.24, 2.45) is 5.92 Å². The maximum atomic E-state index is 5.38. The molecule has 2 heterocycles. The van der Waals surface area contributed by atoms with Crippen LogP contribution in [0, 0.1) is 5.92 Å². The predicted octanol–water partition coefficient (Wildman–Crippen LogP) is 2.09. The minimum Gasteiger partial charge on any atom is -0.381 e. The number of aromatic nitrogens is 1. The van der Waals surface area contributed by atoms with Crippen LogP contribution in [0.1, 0.15) is 25.5 Å². The number of ether oxygens (including phenoxy) is 1. The maximum absolute atomic E-state index is 5.38. The molecule has 0 aliphatic carbocycles. The minimum atomic E-state index is 0.600. The van der Waals surface area contributed by atoms with Crippen LogP contribution in [-0.4, -0.2) is 30.8 Å². The van der Waals surface area contributed by atoms with Crippen LogP contribution in [0.5, 0.6) is 0 Å². The molecule has 16 heavy (non-hydrogen) atoms. The smallest absolute Gasteiger partial charge is 0.0794 e. The summed E-state index contributed by atoms with van der Waals surface area (Å²) >= 11 is 1.67. The van der Waals surface area contributed by atoms with E-state index in [1.165, 1.54) is 18.5 Å². The van der Waals surface area contributed by atoms with Crippen LogP contribution in [-0.2, 0) is 11.2 Å². The first-order valence-electron chi connectivity index (χ1n) is 6.04. The Bertz CT molecular complexity index is 283. The molecular formula is C12H20N2OS. The summed E-state index contributed by atoms with van der Waals surface area (Å²) in [7, 11) is 0. The van der Waals surface area contributed by atoms with Crippen molar-refractivity contribution in [3.8, 4) is 0 Å². The summed E-state index contributed by atoms with van der Waals surface area (Å²) in [6.07, 6.45) is 3.44. The van der Waals surface area contributed by atoms with Gasteiger partial charge < -0.3 is 10.1 Å². The van der Waals surface area contributed by atoms with E-state index < -0.39 is 0 Å². The Kier molecular flexibility index (Phi) is 4.75. The number of nitrogens with zero attached hydrogens (tertiary/aromatic N) is 1. The molecule has 1 fully saturated rings. The fraction of sp³-hybridized carbons (Fsp3) is 0.750. The van der Waals surface area contributed by atoms with Crippen molar-refractivity contribution >= 4 is 11.3 Å². The lowest BCUT2D eigenvalue weighted by atomic mass is 9.93. The summed E-state index contributed by atoms with van der Waals surface area (Å²) in [5.74, 6) is 0.782. The van der Waals surface area contributed by atoms with Crippen molar-refractivity contribution in [1.82, 2.24) is 10.3 Å². The largest absolute Gasteiger partial charge is 0.381 e. The SMILES string of the molecule is CC(NCCc1cscn1)C1CCOCC1. The van der Waals surface area contributed by atoms with Crippen LogP contribution in [0.3, 0.4) is 0 Å². The molecule has 0 saturated carbocycles. The van der Waals surface area contributed by atoms with Gasteiger partial charge in [0, 0.05) is 37.6 Å². The van der Waals surface area contributed by atoms with Gasteiger partial charge in [-0.15, -0.1) is 11.3 Å². The van der Waals surface area contributed by atoms with Crippen molar-refractivity contribution in [3.63, 3.8) is 0 Å². The summed E-state index contributed by atoms with van der Waals surface area (Å²) in [5, 5.41) is 5.73. The molecule has 0 bridgehead atoms. The Morgan fingerprint density at radius 1 is 1.56 bits per heavy atom. The Balaban J connectivity index is 1.65. The van der Waals surface area contributed by atoms with E-state index in [0.29, 0.717) is 6.04 Å². The second-order valence-corrected chi connectivity index (χ2v) is 5.14. The van der Waals surface area contributed by atoms with Gasteiger partial charge in [0.1, 0.15) is 0 Å². The number of hydrogen-bond acceptors (Lipinski definition) is 4. The van der Waals surface area contributed by atoms with Gasteiger partial charge in [0.15, 0.2) is 0 Å². The molecule has 1 atom stereocenters. The molecule has 1 aliphatic rings. The Morgan fingerprint density at radius 3 is 3.06 bits per heavy atom. The second-order valence-electron chi connectivity index (χ2n) is 4.42. The van der Waals surface area contributed by atoms with Crippen molar-refractivity contribution in [2.75, 3.05) is 19.8 Å². The molecular weight excluding hydrogens is 220 g/mol. The zero-order chi connectivity index (χ0) is 11.2. The fourth-order valence-corrected chi connectivity index (χ4v) is 2.76. The fourth-order valence-electron chi connectivity index (χ4n) is 2.17. The second kappa shape index (κ2) is 6.33. The zero-order valence-corrected chi connectivity index (χ0v) is 10.6. The number of hydrogen-bond donors (Lipinski definition) is 1. The highest BCUT2D eigenvalue weighted by molar-refractivity contribution is 7.07. The van der Waals surface area contributed by atoms with Crippen molar-refractivity contribution < 1.29 is 4.74 Å². The molecule has 3 nitrogen and oxygen atoms in total. The summed E-state index contributed by atoms with van der Waals surface area (Å²) in [4.78, 5) is 4.28. The van der Waals surface area contributed by atoms with Crippen LogP contribution in [0.25, 0.3) is 0 Å². The van der Waals surface area contributed by atoms with Crippen molar-refractivity contribution in [3.05, 3.63) is 16.6 Å². The average Bonchev–Trinajstić information content (AvgIpc) is 2.83. The van der Waals surface area contributed by atoms with E-state index in [1.54, 1.807) is 11.3 Å². The van der Waals surface area contributed by atoms with E-state index in [1.807, 2.05) is 5.51 Å². The zero-order valence-electron chi connectivity index (χ0n) is 9.82. The third-order valence-corrected chi connectivity index (χ3v) is 3.94. The molecule has 1 N–H and O–H groups in total. The van der Waals surface area contributed by atoms with Crippen molar-refractivity contribution in [1.29, 1.82) is 0 Å². The molecule has 1 aromatic heterocycles. The van der Waals surface area contributed by atoms with Gasteiger partial charge in [-0.3, -0.25) is 0 Å². The first-order valence-corrected chi connectivity index (χ1v) is 6.99. The van der Waals surface area contributed by atoms with E-state index in [2.05, 4.69) is 22.6 Å². The lowest BCUT2D eigenvalue weighted by Gasteiger charge is -2.28. The summed E-state index contributed by atoms with van der Waals surface area (Å²) < 4.78 is 5.38. The standard InChI is InChI=1S/C12H20N2OS/c1-10(11-3-6-15-7-4-11)13-5-2-12-8-16-9-14-12/h8-11,13H,2-7H2,1H3. The van der Waals surface area contributed by atoms with E-state index in [4.69, 9.17) is 4.74 Å². The highest BCUT2D eigenvalue weighted by Gasteiger charge is 2.19. The van der Waals surface area contributed by atoms with E-state index in [-0.39, 0.29) is 0 Å². The Labute approximate surface area is 101 Å². The summed E-state index contributed by atoms with van der Waals surface area (Å²) in [6, 6.07) is 0.600. The third-order valence-electron chi connectivity index (χ3n) is 3.30. The molecule has 1 saturated heterocycles. The summed E-state index contributed by atoms with van der Waals surface area (Å²) in [6.45, 7) is 5.19. The van der Waals surface area contributed by atoms with Gasteiger partial charge in [0.25, 0.3) is 0 Å². The molecule has 2 rings (SSSR count). The lowest BCUT2D eigenvalue weighted by molar-refractivity contribution is 0.0561. The van der Waals surface area contributed by atoms with Crippen LogP contribution < -0.4 is 5.32 Å². The monoisotopic (exact) mass is 240 g/mol. The molecule has 1 unspecified atom stereocenters. The minimum absolute atomic E-state index is 0.600. The highest BCUT2D eigenvalue weighted by atomic mass is 32.1. The molecule has 0 spiro atoms. The quantitative estimate of drug-likeness (QED) is 0.855. The summed E-state index contributed by atoms with van der Waals surface area (Å²) in [5.41, 5.74) is 3.11. The Hall–Kier alpha value is -0.450. The van der Waals surface area contributed by atoms with Gasteiger partial charge in [-0.1, -0.05) is 0 Å². The average molecular weight is 240 g/mol. The van der Waals surface area contributed by atoms with Gasteiger partial charge in [0.05, 0.1) is 11.2 Å². The molecule has 0 amide bonds. The third kappa shape index (κ3) is 3.54. The molecule has 1 aliphatic heterocycles. The Morgan fingerprint density at radius 2 is 2.38 bits per heavy atom. The van der Waals surface area contributed by atoms with E-state index >= 15 is 0 Å². The van der Waals surface area contributed by atoms with Crippen LogP contribution in [0.2, 0.25) is 0 Å². The topological polar surface area (TPSA) is 34.2 Å². The normalized spacial score (nSPS) is 19.8. The number of rotatable bonds is 5. The first-order chi connectivity index (χ1) is 7.86. The first kappa shape index (κ1) is 12.0. The maximum Gasteiger partial charge on any atom is 0.0794 e. The van der Waals surface area contributed by atoms with Gasteiger partial charge in [0.2, 0.25) is 0 Å². The molecule has 4 heteroatoms. The van der Waals surface area contributed by atoms with Gasteiger partial charge in [-0.2, -0.15) is 0 Å². The van der Waals surface area contributed by atoms with Crippen LogP contribution >= 0.6 is 11.3 Å². The van der Waals surface area contributed by atoms with Crippen LogP contribution in [0.4, 0.5) is 0 Å². The number of thiazole rings is 1. The molecule has 90 valence electrons. The van der Waals surface area contributed by atoms with Crippen molar-refractivity contribution in [2.45, 2.75) is 32.2 Å². The molecule has 1 aromatic rings. The molecule has 0 aromatic carbocycles. The lowest BCUT2D eigenvalue weighted by Crippen LogP contribution is -2.37.